The second-order valence-electron chi connectivity index (χ2n) is 3.43. The highest BCUT2D eigenvalue weighted by atomic mass is 79.9. The van der Waals surface area contributed by atoms with Gasteiger partial charge in [0, 0.05) is 10.9 Å². The van der Waals surface area contributed by atoms with E-state index in [1.165, 1.54) is 25.1 Å². The fourth-order valence-electron chi connectivity index (χ4n) is 1.34. The molecule has 2 atom stereocenters. The minimum absolute atomic E-state index is 0.0698. The Morgan fingerprint density at radius 3 is 2.62 bits per heavy atom. The molecule has 0 saturated carbocycles. The third kappa shape index (κ3) is 2.66. The van der Waals surface area contributed by atoms with Crippen LogP contribution in [0.5, 0.6) is 0 Å². The van der Waals surface area contributed by atoms with Gasteiger partial charge in [-0.15, -0.1) is 0 Å². The maximum atomic E-state index is 13.8. The lowest BCUT2D eigenvalue weighted by Crippen LogP contribution is -2.21. The summed E-state index contributed by atoms with van der Waals surface area (Å²) in [6, 6.07) is 4.16. The summed E-state index contributed by atoms with van der Waals surface area (Å²) < 4.78 is 13.8. The average molecular weight is 291 g/mol. The molecular formula is C11H12BrFO3. The monoisotopic (exact) mass is 290 g/mol. The fourth-order valence-corrected chi connectivity index (χ4v) is 1.70. The Morgan fingerprint density at radius 1 is 1.50 bits per heavy atom. The van der Waals surface area contributed by atoms with Crippen molar-refractivity contribution >= 4 is 21.7 Å². The van der Waals surface area contributed by atoms with E-state index in [2.05, 4.69) is 15.9 Å². The Labute approximate surface area is 101 Å². The quantitative estimate of drug-likeness (QED) is 0.657. The first-order chi connectivity index (χ1) is 7.49. The SMILES string of the molecule is CC(=O)c1cccc(C(O)C(O)CBr)c1F. The summed E-state index contributed by atoms with van der Waals surface area (Å²) in [4.78, 5) is 11.1. The highest BCUT2D eigenvalue weighted by molar-refractivity contribution is 9.09. The molecule has 0 heterocycles. The van der Waals surface area contributed by atoms with E-state index >= 15 is 0 Å². The van der Waals surface area contributed by atoms with Crippen LogP contribution in [-0.2, 0) is 0 Å². The van der Waals surface area contributed by atoms with E-state index in [0.29, 0.717) is 0 Å². The normalized spacial score (nSPS) is 14.6. The Morgan fingerprint density at radius 2 is 2.12 bits per heavy atom. The van der Waals surface area contributed by atoms with Crippen LogP contribution in [-0.4, -0.2) is 27.4 Å². The molecule has 2 unspecified atom stereocenters. The zero-order valence-corrected chi connectivity index (χ0v) is 10.2. The molecule has 1 aromatic rings. The molecule has 1 aromatic carbocycles. The number of alkyl halides is 1. The number of aliphatic hydroxyl groups excluding tert-OH is 2. The molecule has 0 aliphatic carbocycles. The van der Waals surface area contributed by atoms with E-state index in [-0.39, 0.29) is 16.5 Å². The topological polar surface area (TPSA) is 57.5 Å². The van der Waals surface area contributed by atoms with Gasteiger partial charge in [0.2, 0.25) is 0 Å². The lowest BCUT2D eigenvalue weighted by Gasteiger charge is -2.17. The van der Waals surface area contributed by atoms with Crippen LogP contribution >= 0.6 is 15.9 Å². The Bertz CT molecular complexity index is 395. The van der Waals surface area contributed by atoms with Crippen molar-refractivity contribution < 1.29 is 19.4 Å². The number of benzene rings is 1. The molecule has 2 N–H and O–H groups in total. The molecule has 0 radical (unpaired) electrons. The third-order valence-corrected chi connectivity index (χ3v) is 2.91. The maximum Gasteiger partial charge on any atom is 0.162 e. The Kier molecular flexibility index (Phi) is 4.58. The van der Waals surface area contributed by atoms with Gasteiger partial charge in [-0.05, 0) is 13.0 Å². The van der Waals surface area contributed by atoms with Crippen molar-refractivity contribution in [2.24, 2.45) is 0 Å². The van der Waals surface area contributed by atoms with E-state index in [1.807, 2.05) is 0 Å². The van der Waals surface area contributed by atoms with Gasteiger partial charge < -0.3 is 10.2 Å². The average Bonchev–Trinajstić information content (AvgIpc) is 2.27. The first-order valence-corrected chi connectivity index (χ1v) is 5.82. The van der Waals surface area contributed by atoms with Crippen LogP contribution < -0.4 is 0 Å². The lowest BCUT2D eigenvalue weighted by molar-refractivity contribution is 0.0319. The summed E-state index contributed by atoms with van der Waals surface area (Å²) in [5.74, 6) is -1.19. The summed E-state index contributed by atoms with van der Waals surface area (Å²) in [5, 5.41) is 19.2. The second kappa shape index (κ2) is 5.52. The second-order valence-corrected chi connectivity index (χ2v) is 4.08. The number of carbonyl (C=O) groups is 1. The Balaban J connectivity index is 3.15. The van der Waals surface area contributed by atoms with Gasteiger partial charge in [0.1, 0.15) is 11.9 Å². The van der Waals surface area contributed by atoms with Gasteiger partial charge in [-0.1, -0.05) is 28.1 Å². The number of halogens is 2. The van der Waals surface area contributed by atoms with Gasteiger partial charge in [-0.3, -0.25) is 4.79 Å². The van der Waals surface area contributed by atoms with Crippen molar-refractivity contribution in [3.63, 3.8) is 0 Å². The fraction of sp³-hybridized carbons (Fsp3) is 0.364. The van der Waals surface area contributed by atoms with Gasteiger partial charge in [-0.2, -0.15) is 0 Å². The van der Waals surface area contributed by atoms with Gasteiger partial charge in [0.25, 0.3) is 0 Å². The van der Waals surface area contributed by atoms with Gasteiger partial charge >= 0.3 is 0 Å². The van der Waals surface area contributed by atoms with Crippen molar-refractivity contribution in [2.75, 3.05) is 5.33 Å². The summed E-state index contributed by atoms with van der Waals surface area (Å²) in [6.45, 7) is 1.25. The lowest BCUT2D eigenvalue weighted by atomic mass is 10.0. The smallest absolute Gasteiger partial charge is 0.162 e. The maximum absolute atomic E-state index is 13.8. The third-order valence-electron chi connectivity index (χ3n) is 2.25. The summed E-state index contributed by atoms with van der Waals surface area (Å²) >= 11 is 2.99. The number of hydrogen-bond acceptors (Lipinski definition) is 3. The highest BCUT2D eigenvalue weighted by Gasteiger charge is 2.22. The summed E-state index contributed by atoms with van der Waals surface area (Å²) in [6.07, 6.45) is -2.46. The van der Waals surface area contributed by atoms with Crippen molar-refractivity contribution in [2.45, 2.75) is 19.1 Å². The van der Waals surface area contributed by atoms with Gasteiger partial charge in [0.15, 0.2) is 5.78 Å². The van der Waals surface area contributed by atoms with Crippen molar-refractivity contribution in [3.05, 3.63) is 35.1 Å². The summed E-state index contributed by atoms with van der Waals surface area (Å²) in [5.41, 5.74) is -0.155. The van der Waals surface area contributed by atoms with Crippen LogP contribution in [0.15, 0.2) is 18.2 Å². The van der Waals surface area contributed by atoms with Crippen molar-refractivity contribution in [1.29, 1.82) is 0 Å². The van der Waals surface area contributed by atoms with E-state index in [9.17, 15) is 19.4 Å². The molecule has 0 aliphatic heterocycles. The van der Waals surface area contributed by atoms with E-state index < -0.39 is 23.8 Å². The number of rotatable bonds is 4. The van der Waals surface area contributed by atoms with Crippen LogP contribution in [0.25, 0.3) is 0 Å². The largest absolute Gasteiger partial charge is 0.389 e. The molecule has 3 nitrogen and oxygen atoms in total. The zero-order chi connectivity index (χ0) is 12.3. The predicted octanol–water partition coefficient (Wildman–Crippen LogP) is 1.82. The van der Waals surface area contributed by atoms with Crippen LogP contribution in [0.1, 0.15) is 28.9 Å². The molecule has 1 rings (SSSR count). The van der Waals surface area contributed by atoms with E-state index in [0.717, 1.165) is 0 Å². The first kappa shape index (κ1) is 13.3. The number of Topliss-reactive ketones (excluding diaryl/α,β-unsaturated/α-hetero) is 1. The number of hydrogen-bond donors (Lipinski definition) is 2. The standard InChI is InChI=1S/C11H12BrFO3/c1-6(14)7-3-2-4-8(10(7)13)11(16)9(15)5-12/h2-4,9,11,15-16H,5H2,1H3. The zero-order valence-electron chi connectivity index (χ0n) is 8.65. The molecule has 16 heavy (non-hydrogen) atoms. The van der Waals surface area contributed by atoms with Crippen LogP contribution in [0.3, 0.4) is 0 Å². The number of aliphatic hydroxyl groups is 2. The minimum Gasteiger partial charge on any atom is -0.389 e. The molecule has 0 spiro atoms. The Hall–Kier alpha value is -0.780. The van der Waals surface area contributed by atoms with Crippen molar-refractivity contribution in [3.8, 4) is 0 Å². The molecule has 0 aliphatic rings. The molecule has 0 amide bonds. The molecule has 0 bridgehead atoms. The minimum atomic E-state index is -1.35. The van der Waals surface area contributed by atoms with Crippen molar-refractivity contribution in [1.82, 2.24) is 0 Å². The molecule has 5 heteroatoms. The van der Waals surface area contributed by atoms with Gasteiger partial charge in [0.05, 0.1) is 11.7 Å². The van der Waals surface area contributed by atoms with Crippen LogP contribution in [0.2, 0.25) is 0 Å². The van der Waals surface area contributed by atoms with E-state index in [4.69, 9.17) is 0 Å². The first-order valence-electron chi connectivity index (χ1n) is 4.70. The van der Waals surface area contributed by atoms with E-state index in [1.54, 1.807) is 0 Å². The molecule has 88 valence electrons. The molecule has 0 saturated heterocycles. The van der Waals surface area contributed by atoms with Crippen LogP contribution in [0, 0.1) is 5.82 Å². The molecule has 0 aromatic heterocycles. The molecule has 0 fully saturated rings. The van der Waals surface area contributed by atoms with Crippen LogP contribution in [0.4, 0.5) is 4.39 Å². The molecular weight excluding hydrogens is 279 g/mol. The number of ketones is 1. The summed E-state index contributed by atoms with van der Waals surface area (Å²) in [7, 11) is 0. The number of carbonyl (C=O) groups excluding carboxylic acids is 1. The predicted molar refractivity (Wildman–Crippen MR) is 61.2 cm³/mol. The van der Waals surface area contributed by atoms with Gasteiger partial charge in [-0.25, -0.2) is 4.39 Å². The highest BCUT2D eigenvalue weighted by Crippen LogP contribution is 2.23.